The fraction of sp³-hybridized carbons (Fsp3) is 0.500. The third kappa shape index (κ3) is 2.93. The van der Waals surface area contributed by atoms with Crippen molar-refractivity contribution in [3.8, 4) is 0 Å². The van der Waals surface area contributed by atoms with Gasteiger partial charge in [-0.3, -0.25) is 0 Å². The van der Waals surface area contributed by atoms with Crippen molar-refractivity contribution in [3.05, 3.63) is 24.2 Å². The van der Waals surface area contributed by atoms with Crippen LogP contribution in [-0.4, -0.2) is 32.4 Å². The van der Waals surface area contributed by atoms with Gasteiger partial charge in [-0.25, -0.2) is 9.97 Å². The Labute approximate surface area is 111 Å². The fourth-order valence-electron chi connectivity index (χ4n) is 1.88. The monoisotopic (exact) mass is 269 g/mol. The zero-order valence-corrected chi connectivity index (χ0v) is 11.5. The highest BCUT2D eigenvalue weighted by molar-refractivity contribution is 7.98. The molecule has 92 valence electrons. The van der Waals surface area contributed by atoms with Crippen LogP contribution in [0, 0.1) is 0 Å². The molecule has 2 heterocycles. The summed E-state index contributed by atoms with van der Waals surface area (Å²) < 4.78 is 2.20. The minimum absolute atomic E-state index is 0.603. The minimum atomic E-state index is 0.603. The van der Waals surface area contributed by atoms with E-state index in [2.05, 4.69) is 20.8 Å². The summed E-state index contributed by atoms with van der Waals surface area (Å²) in [6.07, 6.45) is 5.89. The molecule has 0 unspecified atom stereocenters. The smallest absolute Gasteiger partial charge is 0.159 e. The van der Waals surface area contributed by atoms with Gasteiger partial charge in [-0.15, -0.1) is 11.6 Å². The number of aromatic nitrogens is 3. The molecule has 0 saturated heterocycles. The molecular formula is C12H16ClN3S. The third-order valence-electron chi connectivity index (χ3n) is 2.63. The molecule has 2 aromatic rings. The molecule has 0 saturated carbocycles. The number of hydrogen-bond acceptors (Lipinski definition) is 3. The van der Waals surface area contributed by atoms with Gasteiger partial charge in [-0.2, -0.15) is 11.8 Å². The second-order valence-corrected chi connectivity index (χ2v) is 5.17. The Bertz CT molecular complexity index is 484. The summed E-state index contributed by atoms with van der Waals surface area (Å²) in [5, 5.41) is 0. The minimum Gasteiger partial charge on any atom is -0.313 e. The molecule has 0 bridgehead atoms. The molecule has 0 amide bonds. The molecule has 2 rings (SSSR count). The van der Waals surface area contributed by atoms with E-state index in [1.165, 1.54) is 0 Å². The lowest BCUT2D eigenvalue weighted by atomic mass is 10.4. The van der Waals surface area contributed by atoms with Crippen molar-refractivity contribution in [1.82, 2.24) is 14.5 Å². The van der Waals surface area contributed by atoms with Gasteiger partial charge in [0.2, 0.25) is 0 Å². The van der Waals surface area contributed by atoms with E-state index in [-0.39, 0.29) is 0 Å². The Morgan fingerprint density at radius 2 is 2.35 bits per heavy atom. The van der Waals surface area contributed by atoms with Crippen LogP contribution in [0.1, 0.15) is 12.2 Å². The van der Waals surface area contributed by atoms with E-state index >= 15 is 0 Å². The lowest BCUT2D eigenvalue weighted by Crippen LogP contribution is -2.06. The Morgan fingerprint density at radius 1 is 1.47 bits per heavy atom. The highest BCUT2D eigenvalue weighted by Crippen LogP contribution is 2.15. The van der Waals surface area contributed by atoms with E-state index < -0.39 is 0 Å². The zero-order valence-electron chi connectivity index (χ0n) is 9.90. The quantitative estimate of drug-likeness (QED) is 0.597. The molecule has 3 nitrogen and oxygen atoms in total. The topological polar surface area (TPSA) is 30.7 Å². The number of imidazole rings is 1. The van der Waals surface area contributed by atoms with Gasteiger partial charge < -0.3 is 4.57 Å². The van der Waals surface area contributed by atoms with Crippen molar-refractivity contribution in [2.75, 3.05) is 17.9 Å². The van der Waals surface area contributed by atoms with Crippen LogP contribution in [0.25, 0.3) is 11.2 Å². The number of fused-ring (bicyclic) bond motifs is 1. The van der Waals surface area contributed by atoms with Gasteiger partial charge in [0.1, 0.15) is 11.3 Å². The van der Waals surface area contributed by atoms with Crippen LogP contribution in [0.3, 0.4) is 0 Å². The summed E-state index contributed by atoms with van der Waals surface area (Å²) in [6.45, 7) is 0.973. The Kier molecular flexibility index (Phi) is 4.68. The van der Waals surface area contributed by atoms with Gasteiger partial charge in [0.25, 0.3) is 0 Å². The molecule has 0 N–H and O–H groups in total. The molecule has 0 atom stereocenters. The van der Waals surface area contributed by atoms with E-state index in [1.54, 1.807) is 0 Å². The number of aryl methyl sites for hydroxylation is 2. The third-order valence-corrected chi connectivity index (χ3v) is 3.52. The molecule has 0 spiro atoms. The van der Waals surface area contributed by atoms with Crippen molar-refractivity contribution < 1.29 is 0 Å². The molecule has 0 aliphatic carbocycles. The van der Waals surface area contributed by atoms with E-state index in [0.29, 0.717) is 5.88 Å². The largest absolute Gasteiger partial charge is 0.313 e. The van der Waals surface area contributed by atoms with E-state index in [1.807, 2.05) is 30.1 Å². The van der Waals surface area contributed by atoms with Gasteiger partial charge in [0.05, 0.1) is 0 Å². The summed E-state index contributed by atoms with van der Waals surface area (Å²) in [6, 6.07) is 3.93. The Hall–Kier alpha value is -0.740. The van der Waals surface area contributed by atoms with E-state index in [4.69, 9.17) is 11.6 Å². The maximum Gasteiger partial charge on any atom is 0.159 e. The van der Waals surface area contributed by atoms with Crippen molar-refractivity contribution >= 4 is 34.5 Å². The summed E-state index contributed by atoms with van der Waals surface area (Å²) in [5.74, 6) is 2.81. The number of pyridine rings is 1. The van der Waals surface area contributed by atoms with E-state index in [0.717, 1.165) is 42.1 Å². The highest BCUT2D eigenvalue weighted by Gasteiger charge is 2.10. The molecule has 17 heavy (non-hydrogen) atoms. The second kappa shape index (κ2) is 6.26. The molecule has 0 aliphatic heterocycles. The van der Waals surface area contributed by atoms with Gasteiger partial charge >= 0.3 is 0 Å². The summed E-state index contributed by atoms with van der Waals surface area (Å²) in [5.41, 5.74) is 1.95. The standard InChI is InChI=1S/C12H16ClN3S/c1-17-9-3-8-16-11(5-6-13)15-10-4-2-7-14-12(10)16/h2,4,7H,3,5-6,8-9H2,1H3. The van der Waals surface area contributed by atoms with E-state index in [9.17, 15) is 0 Å². The molecule has 0 fully saturated rings. The van der Waals surface area contributed by atoms with Crippen molar-refractivity contribution in [2.24, 2.45) is 0 Å². The lowest BCUT2D eigenvalue weighted by molar-refractivity contribution is 0.660. The average molecular weight is 270 g/mol. The molecular weight excluding hydrogens is 254 g/mol. The first-order valence-electron chi connectivity index (χ1n) is 5.72. The van der Waals surface area contributed by atoms with Crippen LogP contribution in [0.5, 0.6) is 0 Å². The van der Waals surface area contributed by atoms with Crippen LogP contribution in [0.15, 0.2) is 18.3 Å². The number of rotatable bonds is 6. The van der Waals surface area contributed by atoms with Crippen LogP contribution >= 0.6 is 23.4 Å². The number of thioether (sulfide) groups is 1. The summed E-state index contributed by atoms with van der Waals surface area (Å²) in [4.78, 5) is 9.00. The summed E-state index contributed by atoms with van der Waals surface area (Å²) in [7, 11) is 0. The second-order valence-electron chi connectivity index (χ2n) is 3.81. The van der Waals surface area contributed by atoms with Crippen LogP contribution in [0.2, 0.25) is 0 Å². The molecule has 0 aliphatic rings. The number of hydrogen-bond donors (Lipinski definition) is 0. The first kappa shape index (κ1) is 12.7. The number of halogens is 1. The molecule has 2 aromatic heterocycles. The SMILES string of the molecule is CSCCCn1c(CCCl)nc2cccnc21. The Morgan fingerprint density at radius 3 is 3.12 bits per heavy atom. The van der Waals surface area contributed by atoms with Crippen molar-refractivity contribution in [1.29, 1.82) is 0 Å². The zero-order chi connectivity index (χ0) is 12.1. The molecule has 5 heteroatoms. The normalized spacial score (nSPS) is 11.2. The summed E-state index contributed by atoms with van der Waals surface area (Å²) >= 11 is 7.69. The van der Waals surface area contributed by atoms with Gasteiger partial charge in [0.15, 0.2) is 5.65 Å². The maximum atomic E-state index is 5.82. The molecule has 0 radical (unpaired) electrons. The maximum absolute atomic E-state index is 5.82. The predicted molar refractivity (Wildman–Crippen MR) is 75.0 cm³/mol. The van der Waals surface area contributed by atoms with Gasteiger partial charge in [0, 0.05) is 25.0 Å². The number of nitrogens with zero attached hydrogens (tertiary/aromatic N) is 3. The first-order valence-corrected chi connectivity index (χ1v) is 7.64. The highest BCUT2D eigenvalue weighted by atomic mass is 35.5. The van der Waals surface area contributed by atoms with Crippen LogP contribution < -0.4 is 0 Å². The fourth-order valence-corrected chi connectivity index (χ4v) is 2.47. The van der Waals surface area contributed by atoms with Gasteiger partial charge in [-0.1, -0.05) is 0 Å². The predicted octanol–water partition coefficient (Wildman–Crippen LogP) is 2.97. The van der Waals surface area contributed by atoms with Gasteiger partial charge in [-0.05, 0) is 30.6 Å². The number of alkyl halides is 1. The van der Waals surface area contributed by atoms with Crippen LogP contribution in [-0.2, 0) is 13.0 Å². The van der Waals surface area contributed by atoms with Crippen molar-refractivity contribution in [3.63, 3.8) is 0 Å². The van der Waals surface area contributed by atoms with Crippen molar-refractivity contribution in [2.45, 2.75) is 19.4 Å². The van der Waals surface area contributed by atoms with Crippen LogP contribution in [0.4, 0.5) is 0 Å². The Balaban J connectivity index is 2.30. The molecule has 0 aromatic carbocycles. The average Bonchev–Trinajstić information content (AvgIpc) is 2.69. The lowest BCUT2D eigenvalue weighted by Gasteiger charge is -2.06. The first-order chi connectivity index (χ1) is 8.36.